The lowest BCUT2D eigenvalue weighted by atomic mass is 10.3. The fourth-order valence-corrected chi connectivity index (χ4v) is 2.79. The van der Waals surface area contributed by atoms with Crippen molar-refractivity contribution in [3.8, 4) is 0 Å². The third-order valence-corrected chi connectivity index (χ3v) is 4.18. The van der Waals surface area contributed by atoms with Crippen LogP contribution in [0, 0.1) is 0 Å². The number of urea groups is 1. The molecular formula is C15H17N3OS. The summed E-state index contributed by atoms with van der Waals surface area (Å²) in [5.74, 6) is 0. The maximum Gasteiger partial charge on any atom is 0.322 e. The molecule has 3 rings (SSSR count). The van der Waals surface area contributed by atoms with E-state index in [4.69, 9.17) is 5.73 Å². The van der Waals surface area contributed by atoms with Crippen molar-refractivity contribution in [2.24, 2.45) is 0 Å². The summed E-state index contributed by atoms with van der Waals surface area (Å²) in [5.41, 5.74) is 7.12. The maximum atomic E-state index is 12.4. The Labute approximate surface area is 122 Å². The minimum Gasteiger partial charge on any atom is -0.399 e. The molecule has 0 unspecified atom stereocenters. The highest BCUT2D eigenvalue weighted by Gasteiger charge is 2.32. The molecule has 1 fully saturated rings. The van der Waals surface area contributed by atoms with Crippen molar-refractivity contribution in [3.05, 3.63) is 46.7 Å². The number of nitrogens with one attached hydrogen (secondary N) is 1. The number of amides is 2. The minimum absolute atomic E-state index is 0.0364. The topological polar surface area (TPSA) is 58.4 Å². The Hall–Kier alpha value is -2.01. The Bertz CT molecular complexity index is 576. The standard InChI is InChI=1S/C15H17N3OS/c16-11-3-5-12(6-4-11)17-15(19)18(13-7-8-13)10-14-2-1-9-20-14/h1-6,9,13H,7-8,10,16H2,(H,17,19). The number of hydrogen-bond acceptors (Lipinski definition) is 3. The molecular weight excluding hydrogens is 270 g/mol. The highest BCUT2D eigenvalue weighted by atomic mass is 32.1. The molecule has 0 aliphatic heterocycles. The fraction of sp³-hybridized carbons (Fsp3) is 0.267. The molecule has 20 heavy (non-hydrogen) atoms. The minimum atomic E-state index is -0.0364. The number of thiophene rings is 1. The number of nitrogens with zero attached hydrogens (tertiary/aromatic N) is 1. The van der Waals surface area contributed by atoms with Gasteiger partial charge in [0.1, 0.15) is 0 Å². The predicted octanol–water partition coefficient (Wildman–Crippen LogP) is 3.53. The number of anilines is 2. The molecule has 0 bridgehead atoms. The van der Waals surface area contributed by atoms with Gasteiger partial charge in [0.05, 0.1) is 6.54 Å². The molecule has 1 aliphatic rings. The van der Waals surface area contributed by atoms with E-state index < -0.39 is 0 Å². The average Bonchev–Trinajstić information content (AvgIpc) is 3.15. The summed E-state index contributed by atoms with van der Waals surface area (Å²) in [4.78, 5) is 15.5. The zero-order valence-corrected chi connectivity index (χ0v) is 11.9. The summed E-state index contributed by atoms with van der Waals surface area (Å²) < 4.78 is 0. The Morgan fingerprint density at radius 3 is 2.65 bits per heavy atom. The molecule has 1 aromatic carbocycles. The van der Waals surface area contributed by atoms with Gasteiger partial charge in [0.25, 0.3) is 0 Å². The van der Waals surface area contributed by atoms with Gasteiger partial charge in [-0.1, -0.05) is 6.07 Å². The van der Waals surface area contributed by atoms with Gasteiger partial charge in [0.15, 0.2) is 0 Å². The molecule has 1 heterocycles. The Balaban J connectivity index is 1.67. The molecule has 0 radical (unpaired) electrons. The van der Waals surface area contributed by atoms with Crippen LogP contribution >= 0.6 is 11.3 Å². The van der Waals surface area contributed by atoms with Gasteiger partial charge in [-0.05, 0) is 48.6 Å². The van der Waals surface area contributed by atoms with E-state index in [9.17, 15) is 4.79 Å². The molecule has 104 valence electrons. The van der Waals surface area contributed by atoms with Crippen LogP contribution in [0.5, 0.6) is 0 Å². The Kier molecular flexibility index (Phi) is 3.60. The van der Waals surface area contributed by atoms with E-state index in [1.54, 1.807) is 23.5 Å². The van der Waals surface area contributed by atoms with E-state index in [2.05, 4.69) is 11.4 Å². The van der Waals surface area contributed by atoms with Crippen LogP contribution in [0.2, 0.25) is 0 Å². The molecule has 1 aromatic heterocycles. The van der Waals surface area contributed by atoms with E-state index >= 15 is 0 Å². The van der Waals surface area contributed by atoms with Crippen molar-refractivity contribution in [2.45, 2.75) is 25.4 Å². The Morgan fingerprint density at radius 2 is 2.05 bits per heavy atom. The van der Waals surface area contributed by atoms with Gasteiger partial charge >= 0.3 is 6.03 Å². The first kappa shape index (κ1) is 13.0. The number of benzene rings is 1. The number of carbonyl (C=O) groups is 1. The zero-order chi connectivity index (χ0) is 13.9. The molecule has 2 amide bonds. The van der Waals surface area contributed by atoms with Crippen LogP contribution in [0.15, 0.2) is 41.8 Å². The highest BCUT2D eigenvalue weighted by Crippen LogP contribution is 2.29. The normalized spacial score (nSPS) is 14.0. The molecule has 0 atom stereocenters. The first-order chi connectivity index (χ1) is 9.72. The van der Waals surface area contributed by atoms with Gasteiger partial charge in [0.2, 0.25) is 0 Å². The second-order valence-corrected chi connectivity index (χ2v) is 6.02. The number of nitrogens with two attached hydrogens (primary N) is 1. The van der Waals surface area contributed by atoms with E-state index in [-0.39, 0.29) is 6.03 Å². The number of hydrogen-bond donors (Lipinski definition) is 2. The first-order valence-electron chi connectivity index (χ1n) is 6.68. The van der Waals surface area contributed by atoms with Crippen molar-refractivity contribution < 1.29 is 4.79 Å². The van der Waals surface area contributed by atoms with Crippen molar-refractivity contribution in [1.29, 1.82) is 0 Å². The smallest absolute Gasteiger partial charge is 0.322 e. The molecule has 3 N–H and O–H groups in total. The van der Waals surface area contributed by atoms with E-state index in [0.717, 1.165) is 18.5 Å². The van der Waals surface area contributed by atoms with Crippen LogP contribution in [0.4, 0.5) is 16.2 Å². The van der Waals surface area contributed by atoms with Crippen LogP contribution in [0.25, 0.3) is 0 Å². The lowest BCUT2D eigenvalue weighted by Gasteiger charge is -2.22. The van der Waals surface area contributed by atoms with Crippen LogP contribution in [-0.2, 0) is 6.54 Å². The second kappa shape index (κ2) is 5.54. The second-order valence-electron chi connectivity index (χ2n) is 4.99. The lowest BCUT2D eigenvalue weighted by Crippen LogP contribution is -2.36. The third-order valence-electron chi connectivity index (χ3n) is 3.32. The highest BCUT2D eigenvalue weighted by molar-refractivity contribution is 7.09. The first-order valence-corrected chi connectivity index (χ1v) is 7.56. The monoisotopic (exact) mass is 287 g/mol. The van der Waals surface area contributed by atoms with E-state index in [1.807, 2.05) is 28.5 Å². The molecule has 4 nitrogen and oxygen atoms in total. The molecule has 1 aliphatic carbocycles. The van der Waals surface area contributed by atoms with Crippen LogP contribution < -0.4 is 11.1 Å². The van der Waals surface area contributed by atoms with Crippen LogP contribution in [0.1, 0.15) is 17.7 Å². The predicted molar refractivity (Wildman–Crippen MR) is 82.8 cm³/mol. The van der Waals surface area contributed by atoms with Crippen molar-refractivity contribution in [2.75, 3.05) is 11.1 Å². The molecule has 0 saturated heterocycles. The van der Waals surface area contributed by atoms with Gasteiger partial charge in [-0.15, -0.1) is 11.3 Å². The summed E-state index contributed by atoms with van der Waals surface area (Å²) in [7, 11) is 0. The van der Waals surface area contributed by atoms with E-state index in [1.165, 1.54) is 4.88 Å². The number of rotatable bonds is 4. The van der Waals surface area contributed by atoms with Gasteiger partial charge < -0.3 is 16.0 Å². The van der Waals surface area contributed by atoms with Crippen LogP contribution in [-0.4, -0.2) is 17.0 Å². The lowest BCUT2D eigenvalue weighted by molar-refractivity contribution is 0.206. The maximum absolute atomic E-state index is 12.4. The molecule has 5 heteroatoms. The third kappa shape index (κ3) is 3.11. The molecule has 2 aromatic rings. The summed E-state index contributed by atoms with van der Waals surface area (Å²) in [6.45, 7) is 0.684. The quantitative estimate of drug-likeness (QED) is 0.845. The zero-order valence-electron chi connectivity index (χ0n) is 11.1. The fourth-order valence-electron chi connectivity index (χ4n) is 2.09. The summed E-state index contributed by atoms with van der Waals surface area (Å²) >= 11 is 1.68. The van der Waals surface area contributed by atoms with Crippen molar-refractivity contribution in [3.63, 3.8) is 0 Å². The number of nitrogen functional groups attached to an aromatic ring is 1. The van der Waals surface area contributed by atoms with Crippen LogP contribution in [0.3, 0.4) is 0 Å². The largest absolute Gasteiger partial charge is 0.399 e. The number of carbonyl (C=O) groups excluding carboxylic acids is 1. The van der Waals surface area contributed by atoms with Gasteiger partial charge in [-0.25, -0.2) is 4.79 Å². The van der Waals surface area contributed by atoms with E-state index in [0.29, 0.717) is 18.3 Å². The summed E-state index contributed by atoms with van der Waals surface area (Å²) in [6.07, 6.45) is 2.20. The Morgan fingerprint density at radius 1 is 1.30 bits per heavy atom. The average molecular weight is 287 g/mol. The molecule has 1 saturated carbocycles. The van der Waals surface area contributed by atoms with Crippen molar-refractivity contribution in [1.82, 2.24) is 4.90 Å². The summed E-state index contributed by atoms with van der Waals surface area (Å²) in [5, 5.41) is 4.98. The molecule has 0 spiro atoms. The summed E-state index contributed by atoms with van der Waals surface area (Å²) in [6, 6.07) is 11.6. The van der Waals surface area contributed by atoms with Gasteiger partial charge in [0, 0.05) is 22.3 Å². The van der Waals surface area contributed by atoms with Gasteiger partial charge in [-0.3, -0.25) is 0 Å². The SMILES string of the molecule is Nc1ccc(NC(=O)N(Cc2cccs2)C2CC2)cc1. The van der Waals surface area contributed by atoms with Gasteiger partial charge in [-0.2, -0.15) is 0 Å². The van der Waals surface area contributed by atoms with Crippen molar-refractivity contribution >= 4 is 28.7 Å².